The monoisotopic (exact) mass is 183 g/mol. The first kappa shape index (κ1) is 10.4. The molecule has 0 unspecified atom stereocenters. The molecule has 0 atom stereocenters. The standard InChI is InChI=1S/C10H21N3/c1-4-10(3,5-2)13-8-6-7-12-9(13)11/h4-8H2,1-3H3,(H2,11,12). The van der Waals surface area contributed by atoms with Crippen molar-refractivity contribution in [2.24, 2.45) is 10.7 Å². The van der Waals surface area contributed by atoms with Gasteiger partial charge in [-0.1, -0.05) is 13.8 Å². The smallest absolute Gasteiger partial charge is 0.191 e. The second kappa shape index (κ2) is 3.99. The third kappa shape index (κ3) is 1.95. The molecular weight excluding hydrogens is 162 g/mol. The minimum absolute atomic E-state index is 0.202. The number of guanidine groups is 1. The normalized spacial score (nSPS) is 18.7. The Bertz CT molecular complexity index is 194. The molecule has 0 aromatic carbocycles. The third-order valence-corrected chi connectivity index (χ3v) is 3.27. The van der Waals surface area contributed by atoms with Gasteiger partial charge < -0.3 is 10.6 Å². The summed E-state index contributed by atoms with van der Waals surface area (Å²) in [5.41, 5.74) is 6.09. The van der Waals surface area contributed by atoms with Crippen molar-refractivity contribution in [1.82, 2.24) is 4.90 Å². The Hall–Kier alpha value is -0.730. The molecule has 0 saturated heterocycles. The molecule has 0 aromatic heterocycles. The zero-order chi connectivity index (χ0) is 9.90. The summed E-state index contributed by atoms with van der Waals surface area (Å²) in [6.07, 6.45) is 3.38. The van der Waals surface area contributed by atoms with Gasteiger partial charge in [-0.2, -0.15) is 0 Å². The van der Waals surface area contributed by atoms with Crippen LogP contribution >= 0.6 is 0 Å². The summed E-state index contributed by atoms with van der Waals surface area (Å²) in [5.74, 6) is 0.734. The fraction of sp³-hybridized carbons (Fsp3) is 0.900. The molecule has 0 radical (unpaired) electrons. The average molecular weight is 183 g/mol. The van der Waals surface area contributed by atoms with Gasteiger partial charge >= 0.3 is 0 Å². The van der Waals surface area contributed by atoms with Crippen molar-refractivity contribution in [2.75, 3.05) is 13.1 Å². The van der Waals surface area contributed by atoms with Crippen molar-refractivity contribution in [1.29, 1.82) is 0 Å². The van der Waals surface area contributed by atoms with E-state index >= 15 is 0 Å². The third-order valence-electron chi connectivity index (χ3n) is 3.27. The van der Waals surface area contributed by atoms with Gasteiger partial charge in [0.25, 0.3) is 0 Å². The number of nitrogens with two attached hydrogens (primary N) is 1. The van der Waals surface area contributed by atoms with Gasteiger partial charge in [-0.25, -0.2) is 0 Å². The second-order valence-electron chi connectivity index (χ2n) is 3.95. The Morgan fingerprint density at radius 2 is 2.08 bits per heavy atom. The van der Waals surface area contributed by atoms with Crippen LogP contribution in [0.25, 0.3) is 0 Å². The van der Waals surface area contributed by atoms with Gasteiger partial charge in [-0.05, 0) is 26.2 Å². The molecule has 2 N–H and O–H groups in total. The summed E-state index contributed by atoms with van der Waals surface area (Å²) >= 11 is 0. The second-order valence-corrected chi connectivity index (χ2v) is 3.95. The van der Waals surface area contributed by atoms with E-state index in [1.807, 2.05) is 0 Å². The highest BCUT2D eigenvalue weighted by molar-refractivity contribution is 5.79. The Morgan fingerprint density at radius 1 is 1.46 bits per heavy atom. The fourth-order valence-corrected chi connectivity index (χ4v) is 1.80. The predicted molar refractivity (Wildman–Crippen MR) is 56.8 cm³/mol. The summed E-state index contributed by atoms with van der Waals surface area (Å²) in [4.78, 5) is 6.55. The van der Waals surface area contributed by atoms with E-state index in [1.54, 1.807) is 0 Å². The summed E-state index contributed by atoms with van der Waals surface area (Å²) in [7, 11) is 0. The first-order valence-electron chi connectivity index (χ1n) is 5.21. The lowest BCUT2D eigenvalue weighted by Gasteiger charge is -2.42. The van der Waals surface area contributed by atoms with E-state index in [-0.39, 0.29) is 5.54 Å². The lowest BCUT2D eigenvalue weighted by molar-refractivity contribution is 0.169. The number of hydrogen-bond donors (Lipinski definition) is 1. The molecule has 76 valence electrons. The lowest BCUT2D eigenvalue weighted by Crippen LogP contribution is -2.54. The molecule has 1 aliphatic heterocycles. The molecule has 0 fully saturated rings. The molecule has 0 saturated carbocycles. The van der Waals surface area contributed by atoms with Gasteiger partial charge in [0, 0.05) is 18.6 Å². The van der Waals surface area contributed by atoms with E-state index in [0.29, 0.717) is 0 Å². The van der Waals surface area contributed by atoms with Crippen molar-refractivity contribution in [3.05, 3.63) is 0 Å². The van der Waals surface area contributed by atoms with Crippen LogP contribution in [0.3, 0.4) is 0 Å². The molecule has 0 amide bonds. The summed E-state index contributed by atoms with van der Waals surface area (Å²) in [6, 6.07) is 0. The Kier molecular flexibility index (Phi) is 3.17. The number of hydrogen-bond acceptors (Lipinski definition) is 3. The van der Waals surface area contributed by atoms with E-state index in [0.717, 1.165) is 38.3 Å². The zero-order valence-electron chi connectivity index (χ0n) is 9.01. The van der Waals surface area contributed by atoms with E-state index in [2.05, 4.69) is 30.7 Å². The first-order chi connectivity index (χ1) is 6.14. The molecule has 3 heteroatoms. The van der Waals surface area contributed by atoms with Crippen LogP contribution < -0.4 is 5.73 Å². The van der Waals surface area contributed by atoms with Crippen LogP contribution in [-0.2, 0) is 0 Å². The van der Waals surface area contributed by atoms with Gasteiger partial charge in [-0.15, -0.1) is 0 Å². The molecule has 13 heavy (non-hydrogen) atoms. The van der Waals surface area contributed by atoms with Crippen LogP contribution in [0.4, 0.5) is 0 Å². The molecule has 1 aliphatic rings. The van der Waals surface area contributed by atoms with Crippen molar-refractivity contribution < 1.29 is 0 Å². The number of rotatable bonds is 3. The average Bonchev–Trinajstić information content (AvgIpc) is 2.17. The Morgan fingerprint density at radius 3 is 2.54 bits per heavy atom. The van der Waals surface area contributed by atoms with Gasteiger partial charge in [0.1, 0.15) is 0 Å². The topological polar surface area (TPSA) is 41.6 Å². The molecule has 0 bridgehead atoms. The molecule has 0 spiro atoms. The van der Waals surface area contributed by atoms with Crippen molar-refractivity contribution in [2.45, 2.75) is 45.6 Å². The molecule has 1 rings (SSSR count). The maximum Gasteiger partial charge on any atom is 0.191 e. The number of nitrogens with zero attached hydrogens (tertiary/aromatic N) is 2. The highest BCUT2D eigenvalue weighted by Crippen LogP contribution is 2.24. The van der Waals surface area contributed by atoms with E-state index in [9.17, 15) is 0 Å². The van der Waals surface area contributed by atoms with E-state index in [4.69, 9.17) is 5.73 Å². The van der Waals surface area contributed by atoms with Crippen LogP contribution in [-0.4, -0.2) is 29.5 Å². The van der Waals surface area contributed by atoms with E-state index < -0.39 is 0 Å². The highest BCUT2D eigenvalue weighted by atomic mass is 15.3. The van der Waals surface area contributed by atoms with Gasteiger partial charge in [0.05, 0.1) is 0 Å². The quantitative estimate of drug-likeness (QED) is 0.722. The minimum Gasteiger partial charge on any atom is -0.370 e. The van der Waals surface area contributed by atoms with Crippen LogP contribution in [0.5, 0.6) is 0 Å². The molecule has 3 nitrogen and oxygen atoms in total. The number of aliphatic imine (C=N–C) groups is 1. The maximum atomic E-state index is 5.89. The molecule has 0 aliphatic carbocycles. The molecule has 0 aromatic rings. The van der Waals surface area contributed by atoms with Crippen molar-refractivity contribution in [3.63, 3.8) is 0 Å². The SMILES string of the molecule is CCC(C)(CC)N1CCCN=C1N. The zero-order valence-corrected chi connectivity index (χ0v) is 9.01. The van der Waals surface area contributed by atoms with Gasteiger partial charge in [0.2, 0.25) is 0 Å². The van der Waals surface area contributed by atoms with Gasteiger partial charge in [0.15, 0.2) is 5.96 Å². The fourth-order valence-electron chi connectivity index (χ4n) is 1.80. The van der Waals surface area contributed by atoms with Crippen molar-refractivity contribution >= 4 is 5.96 Å². The minimum atomic E-state index is 0.202. The van der Waals surface area contributed by atoms with Crippen LogP contribution in [0, 0.1) is 0 Å². The maximum absolute atomic E-state index is 5.89. The lowest BCUT2D eigenvalue weighted by atomic mass is 9.93. The summed E-state index contributed by atoms with van der Waals surface area (Å²) in [5, 5.41) is 0. The molecule has 1 heterocycles. The summed E-state index contributed by atoms with van der Waals surface area (Å²) in [6.45, 7) is 8.65. The van der Waals surface area contributed by atoms with E-state index in [1.165, 1.54) is 0 Å². The Labute approximate surface area is 81.0 Å². The van der Waals surface area contributed by atoms with Gasteiger partial charge in [-0.3, -0.25) is 4.99 Å². The summed E-state index contributed by atoms with van der Waals surface area (Å²) < 4.78 is 0. The highest BCUT2D eigenvalue weighted by Gasteiger charge is 2.30. The largest absolute Gasteiger partial charge is 0.370 e. The van der Waals surface area contributed by atoms with Crippen LogP contribution in [0.1, 0.15) is 40.0 Å². The predicted octanol–water partition coefficient (Wildman–Crippen LogP) is 1.59. The van der Waals surface area contributed by atoms with Crippen LogP contribution in [0.15, 0.2) is 4.99 Å². The first-order valence-corrected chi connectivity index (χ1v) is 5.21. The molecular formula is C10H21N3. The van der Waals surface area contributed by atoms with Crippen molar-refractivity contribution in [3.8, 4) is 0 Å². The van der Waals surface area contributed by atoms with Crippen LogP contribution in [0.2, 0.25) is 0 Å². The Balaban J connectivity index is 2.78.